The second kappa shape index (κ2) is 5.74. The average Bonchev–Trinajstić information content (AvgIpc) is 3.31. The Morgan fingerprint density at radius 3 is 2.91 bits per heavy atom. The summed E-state index contributed by atoms with van der Waals surface area (Å²) >= 11 is 0. The van der Waals surface area contributed by atoms with Crippen molar-refractivity contribution in [3.8, 4) is 11.3 Å². The van der Waals surface area contributed by atoms with Gasteiger partial charge in [0.1, 0.15) is 5.76 Å². The number of fused-ring (bicyclic) bond motifs is 2. The van der Waals surface area contributed by atoms with E-state index >= 15 is 0 Å². The molecule has 2 aliphatic rings. The molecule has 4 rings (SSSR count). The van der Waals surface area contributed by atoms with Gasteiger partial charge in [0.25, 0.3) is 5.91 Å². The first-order chi connectivity index (χ1) is 11.2. The van der Waals surface area contributed by atoms with Crippen LogP contribution < -0.4 is 16.0 Å². The smallest absolute Gasteiger partial charge is 0.287 e. The van der Waals surface area contributed by atoms with E-state index in [1.54, 1.807) is 6.07 Å². The Labute approximate surface area is 135 Å². The van der Waals surface area contributed by atoms with Gasteiger partial charge in [0, 0.05) is 36.4 Å². The van der Waals surface area contributed by atoms with E-state index in [2.05, 4.69) is 16.0 Å². The van der Waals surface area contributed by atoms with Crippen molar-refractivity contribution >= 4 is 11.6 Å². The van der Waals surface area contributed by atoms with Gasteiger partial charge in [-0.15, -0.1) is 0 Å². The number of hydrogen-bond donors (Lipinski definition) is 3. The molecule has 0 radical (unpaired) electrons. The highest BCUT2D eigenvalue weighted by Gasteiger charge is 2.39. The van der Waals surface area contributed by atoms with Crippen molar-refractivity contribution < 1.29 is 9.21 Å². The molecular formula is C18H21N3O2. The molecule has 5 heteroatoms. The molecule has 1 aromatic carbocycles. The Bertz CT molecular complexity index is 725. The molecule has 5 nitrogen and oxygen atoms in total. The Morgan fingerprint density at radius 2 is 2.17 bits per heavy atom. The van der Waals surface area contributed by atoms with E-state index in [0.29, 0.717) is 23.6 Å². The van der Waals surface area contributed by atoms with Crippen LogP contribution in [0.5, 0.6) is 0 Å². The zero-order valence-corrected chi connectivity index (χ0v) is 13.1. The van der Waals surface area contributed by atoms with Crippen molar-refractivity contribution in [2.75, 3.05) is 12.4 Å². The standard InChI is InChI=1S/C18H21N3O2/c1-19-12-4-2-3-11(9-12)16-7-8-17(23-16)18(22)21-15-10-13-5-6-14(15)20-13/h2-4,7-9,13-15,19-20H,5-6,10H2,1H3,(H,21,22)/t13-,14+,15-/m1/s1. The maximum atomic E-state index is 12.4. The Balaban J connectivity index is 1.47. The molecule has 2 saturated heterocycles. The second-order valence-corrected chi connectivity index (χ2v) is 6.36. The highest BCUT2D eigenvalue weighted by atomic mass is 16.3. The van der Waals surface area contributed by atoms with Gasteiger partial charge in [0.05, 0.1) is 0 Å². The number of anilines is 1. The number of amides is 1. The molecule has 1 amide bonds. The summed E-state index contributed by atoms with van der Waals surface area (Å²) in [4.78, 5) is 12.4. The third-order valence-electron chi connectivity index (χ3n) is 4.88. The molecule has 2 aliphatic heterocycles. The molecule has 1 aromatic heterocycles. The van der Waals surface area contributed by atoms with Crippen molar-refractivity contribution in [2.24, 2.45) is 0 Å². The van der Waals surface area contributed by atoms with E-state index in [9.17, 15) is 4.79 Å². The maximum absolute atomic E-state index is 12.4. The largest absolute Gasteiger partial charge is 0.451 e. The lowest BCUT2D eigenvalue weighted by atomic mass is 9.95. The molecule has 0 unspecified atom stereocenters. The number of carbonyl (C=O) groups excluding carboxylic acids is 1. The molecule has 23 heavy (non-hydrogen) atoms. The van der Waals surface area contributed by atoms with Crippen LogP contribution in [0.4, 0.5) is 5.69 Å². The first kappa shape index (κ1) is 14.3. The van der Waals surface area contributed by atoms with Gasteiger partial charge < -0.3 is 20.4 Å². The normalized spacial score (nSPS) is 25.5. The van der Waals surface area contributed by atoms with Crippen molar-refractivity contribution in [1.29, 1.82) is 0 Å². The molecule has 2 fully saturated rings. The Morgan fingerprint density at radius 1 is 1.26 bits per heavy atom. The fourth-order valence-electron chi connectivity index (χ4n) is 3.67. The molecule has 0 saturated carbocycles. The van der Waals surface area contributed by atoms with E-state index in [-0.39, 0.29) is 11.9 Å². The summed E-state index contributed by atoms with van der Waals surface area (Å²) in [6.45, 7) is 0. The van der Waals surface area contributed by atoms with Crippen LogP contribution in [-0.4, -0.2) is 31.1 Å². The second-order valence-electron chi connectivity index (χ2n) is 6.36. The molecule has 2 bridgehead atoms. The van der Waals surface area contributed by atoms with Crippen LogP contribution in [-0.2, 0) is 0 Å². The predicted octanol–water partition coefficient (Wildman–Crippen LogP) is 2.61. The Kier molecular flexibility index (Phi) is 3.58. The molecule has 2 aromatic rings. The first-order valence-electron chi connectivity index (χ1n) is 8.18. The molecule has 3 N–H and O–H groups in total. The van der Waals surface area contributed by atoms with Gasteiger partial charge in [0.15, 0.2) is 5.76 Å². The molecule has 0 spiro atoms. The summed E-state index contributed by atoms with van der Waals surface area (Å²) in [6.07, 6.45) is 3.40. The van der Waals surface area contributed by atoms with E-state index in [1.807, 2.05) is 37.4 Å². The third kappa shape index (κ3) is 2.72. The SMILES string of the molecule is CNc1cccc(-c2ccc(C(=O)N[C@@H]3C[C@H]4CC[C@@H]3N4)o2)c1. The van der Waals surface area contributed by atoms with Crippen LogP contribution in [0.2, 0.25) is 0 Å². The van der Waals surface area contributed by atoms with Gasteiger partial charge in [-0.2, -0.15) is 0 Å². The molecule has 120 valence electrons. The van der Waals surface area contributed by atoms with Crippen molar-refractivity contribution in [2.45, 2.75) is 37.4 Å². The average molecular weight is 311 g/mol. The van der Waals surface area contributed by atoms with E-state index in [1.165, 1.54) is 6.42 Å². The van der Waals surface area contributed by atoms with Gasteiger partial charge >= 0.3 is 0 Å². The van der Waals surface area contributed by atoms with Gasteiger partial charge in [-0.25, -0.2) is 0 Å². The van der Waals surface area contributed by atoms with Crippen LogP contribution >= 0.6 is 0 Å². The third-order valence-corrected chi connectivity index (χ3v) is 4.88. The number of nitrogens with one attached hydrogen (secondary N) is 3. The van der Waals surface area contributed by atoms with Gasteiger partial charge in [-0.05, 0) is 43.5 Å². The van der Waals surface area contributed by atoms with Crippen LogP contribution in [0.15, 0.2) is 40.8 Å². The topological polar surface area (TPSA) is 66.3 Å². The summed E-state index contributed by atoms with van der Waals surface area (Å²) < 4.78 is 5.76. The fourth-order valence-corrected chi connectivity index (χ4v) is 3.67. The number of benzene rings is 1. The summed E-state index contributed by atoms with van der Waals surface area (Å²) in [6, 6.07) is 12.7. The first-order valence-corrected chi connectivity index (χ1v) is 8.18. The lowest BCUT2D eigenvalue weighted by Gasteiger charge is -2.20. The van der Waals surface area contributed by atoms with Gasteiger partial charge in [-0.3, -0.25) is 4.79 Å². The summed E-state index contributed by atoms with van der Waals surface area (Å²) in [5.74, 6) is 0.955. The quantitative estimate of drug-likeness (QED) is 0.812. The minimum atomic E-state index is -0.125. The van der Waals surface area contributed by atoms with Crippen molar-refractivity contribution in [3.05, 3.63) is 42.2 Å². The summed E-state index contributed by atoms with van der Waals surface area (Å²) in [5, 5.41) is 9.73. The molecule has 3 heterocycles. The monoisotopic (exact) mass is 311 g/mol. The minimum absolute atomic E-state index is 0.125. The van der Waals surface area contributed by atoms with Crippen LogP contribution in [0, 0.1) is 0 Å². The lowest BCUT2D eigenvalue weighted by molar-refractivity contribution is 0.0903. The molecule has 3 atom stereocenters. The van der Waals surface area contributed by atoms with Crippen LogP contribution in [0.25, 0.3) is 11.3 Å². The van der Waals surface area contributed by atoms with E-state index in [0.717, 1.165) is 24.1 Å². The van der Waals surface area contributed by atoms with Gasteiger partial charge in [-0.1, -0.05) is 12.1 Å². The number of hydrogen-bond acceptors (Lipinski definition) is 4. The highest BCUT2D eigenvalue weighted by Crippen LogP contribution is 2.29. The Hall–Kier alpha value is -2.27. The number of carbonyl (C=O) groups is 1. The van der Waals surface area contributed by atoms with Crippen molar-refractivity contribution in [1.82, 2.24) is 10.6 Å². The lowest BCUT2D eigenvalue weighted by Crippen LogP contribution is -2.42. The summed E-state index contributed by atoms with van der Waals surface area (Å²) in [5.41, 5.74) is 1.97. The van der Waals surface area contributed by atoms with E-state index < -0.39 is 0 Å². The van der Waals surface area contributed by atoms with E-state index in [4.69, 9.17) is 4.42 Å². The zero-order valence-electron chi connectivity index (χ0n) is 13.1. The fraction of sp³-hybridized carbons (Fsp3) is 0.389. The molecule has 0 aliphatic carbocycles. The zero-order chi connectivity index (χ0) is 15.8. The summed E-state index contributed by atoms with van der Waals surface area (Å²) in [7, 11) is 1.88. The van der Waals surface area contributed by atoms with Crippen LogP contribution in [0.1, 0.15) is 29.8 Å². The highest BCUT2D eigenvalue weighted by molar-refractivity contribution is 5.92. The van der Waals surface area contributed by atoms with Crippen molar-refractivity contribution in [3.63, 3.8) is 0 Å². The minimum Gasteiger partial charge on any atom is -0.451 e. The van der Waals surface area contributed by atoms with Crippen LogP contribution in [0.3, 0.4) is 0 Å². The number of rotatable bonds is 4. The predicted molar refractivity (Wildman–Crippen MR) is 89.5 cm³/mol. The maximum Gasteiger partial charge on any atom is 0.287 e. The number of furan rings is 1. The molecular weight excluding hydrogens is 290 g/mol. The van der Waals surface area contributed by atoms with Gasteiger partial charge in [0.2, 0.25) is 0 Å².